The predicted octanol–water partition coefficient (Wildman–Crippen LogP) is 2.63. The molecule has 0 aliphatic heterocycles. The number of alkyl halides is 2. The Hall–Kier alpha value is -2.91. The minimum Gasteiger partial charge on any atom is -0.490 e. The van der Waals surface area contributed by atoms with Crippen LogP contribution in [0.25, 0.3) is 0 Å². The Labute approximate surface area is 156 Å². The van der Waals surface area contributed by atoms with Crippen molar-refractivity contribution in [2.24, 2.45) is 4.99 Å². The van der Waals surface area contributed by atoms with Gasteiger partial charge in [0.25, 0.3) is 0 Å². The van der Waals surface area contributed by atoms with Crippen molar-refractivity contribution in [3.63, 3.8) is 0 Å². The molecule has 0 radical (unpaired) electrons. The summed E-state index contributed by atoms with van der Waals surface area (Å²) in [4.78, 5) is 8.50. The van der Waals surface area contributed by atoms with Crippen LogP contribution in [0.2, 0.25) is 0 Å². The maximum atomic E-state index is 12.8. The molecular formula is C17H23F2N5O3. The van der Waals surface area contributed by atoms with Gasteiger partial charge in [-0.25, -0.2) is 4.99 Å². The van der Waals surface area contributed by atoms with Crippen LogP contribution < -0.4 is 20.1 Å². The van der Waals surface area contributed by atoms with Gasteiger partial charge in [-0.05, 0) is 19.9 Å². The molecule has 0 spiro atoms. The molecule has 0 saturated carbocycles. The molecule has 0 fully saturated rings. The number of rotatable bonds is 9. The molecule has 1 aromatic heterocycles. The summed E-state index contributed by atoms with van der Waals surface area (Å²) >= 11 is 0. The van der Waals surface area contributed by atoms with Crippen molar-refractivity contribution in [1.82, 2.24) is 20.8 Å². The molecule has 2 rings (SSSR count). The quantitative estimate of drug-likeness (QED) is 0.508. The number of aliphatic imine (C=N–C) groups is 1. The molecule has 2 N–H and O–H groups in total. The molecule has 0 aliphatic rings. The van der Waals surface area contributed by atoms with Crippen LogP contribution in [0.1, 0.15) is 31.1 Å². The van der Waals surface area contributed by atoms with Gasteiger partial charge in [0.1, 0.15) is 0 Å². The third-order valence-corrected chi connectivity index (χ3v) is 3.30. The molecule has 2 aromatic rings. The van der Waals surface area contributed by atoms with Crippen LogP contribution in [0, 0.1) is 6.92 Å². The summed E-state index contributed by atoms with van der Waals surface area (Å²) in [6.45, 7) is 3.80. The van der Waals surface area contributed by atoms with E-state index in [0.29, 0.717) is 42.9 Å². The Balaban J connectivity index is 2.14. The smallest absolute Gasteiger partial charge is 0.387 e. The molecular weight excluding hydrogens is 360 g/mol. The predicted molar refractivity (Wildman–Crippen MR) is 94.9 cm³/mol. The fraction of sp³-hybridized carbons (Fsp3) is 0.471. The van der Waals surface area contributed by atoms with E-state index >= 15 is 0 Å². The maximum absolute atomic E-state index is 12.8. The Morgan fingerprint density at radius 3 is 2.74 bits per heavy atom. The number of hydrogen-bond donors (Lipinski definition) is 2. The molecule has 8 nitrogen and oxygen atoms in total. The highest BCUT2D eigenvalue weighted by Crippen LogP contribution is 2.33. The SMILES string of the molecule is CCNC(=NCc1cccc(OCC)c1OC(F)F)NCc1noc(C)n1. The third kappa shape index (κ3) is 6.39. The number of aromatic nitrogens is 2. The van der Waals surface area contributed by atoms with Crippen molar-refractivity contribution < 1.29 is 22.8 Å². The van der Waals surface area contributed by atoms with E-state index in [9.17, 15) is 8.78 Å². The Morgan fingerprint density at radius 1 is 1.30 bits per heavy atom. The Kier molecular flexibility index (Phi) is 7.78. The van der Waals surface area contributed by atoms with E-state index in [2.05, 4.69) is 30.5 Å². The molecule has 0 bridgehead atoms. The molecule has 10 heteroatoms. The monoisotopic (exact) mass is 383 g/mol. The van der Waals surface area contributed by atoms with Gasteiger partial charge in [0.15, 0.2) is 23.3 Å². The van der Waals surface area contributed by atoms with Gasteiger partial charge in [-0.3, -0.25) is 0 Å². The zero-order valence-electron chi connectivity index (χ0n) is 15.5. The zero-order valence-corrected chi connectivity index (χ0v) is 15.5. The number of guanidine groups is 1. The minimum absolute atomic E-state index is 0.0114. The number of para-hydroxylation sites is 1. The van der Waals surface area contributed by atoms with Gasteiger partial charge >= 0.3 is 6.61 Å². The molecule has 0 amide bonds. The largest absolute Gasteiger partial charge is 0.490 e. The van der Waals surface area contributed by atoms with Crippen LogP contribution in [0.3, 0.4) is 0 Å². The topological polar surface area (TPSA) is 93.8 Å². The summed E-state index contributed by atoms with van der Waals surface area (Å²) in [5, 5.41) is 9.91. The van der Waals surface area contributed by atoms with Gasteiger partial charge in [-0.15, -0.1) is 0 Å². The van der Waals surface area contributed by atoms with Crippen molar-refractivity contribution in [3.8, 4) is 11.5 Å². The van der Waals surface area contributed by atoms with E-state index in [1.807, 2.05) is 6.92 Å². The summed E-state index contributed by atoms with van der Waals surface area (Å²) in [5.74, 6) is 1.67. The lowest BCUT2D eigenvalue weighted by molar-refractivity contribution is -0.0520. The van der Waals surface area contributed by atoms with Gasteiger partial charge in [-0.2, -0.15) is 13.8 Å². The molecule has 1 aromatic carbocycles. The van der Waals surface area contributed by atoms with Gasteiger partial charge < -0.3 is 24.6 Å². The molecule has 0 unspecified atom stereocenters. The lowest BCUT2D eigenvalue weighted by atomic mass is 10.2. The molecule has 0 atom stereocenters. The summed E-state index contributed by atoms with van der Waals surface area (Å²) < 4.78 is 40.5. The van der Waals surface area contributed by atoms with Crippen LogP contribution in [-0.2, 0) is 13.1 Å². The molecule has 0 saturated heterocycles. The second kappa shape index (κ2) is 10.3. The third-order valence-electron chi connectivity index (χ3n) is 3.30. The molecule has 0 aliphatic carbocycles. The first-order valence-electron chi connectivity index (χ1n) is 8.54. The van der Waals surface area contributed by atoms with Crippen LogP contribution >= 0.6 is 0 Å². The minimum atomic E-state index is -2.96. The fourth-order valence-corrected chi connectivity index (χ4v) is 2.26. The number of ether oxygens (including phenoxy) is 2. The molecule has 27 heavy (non-hydrogen) atoms. The van der Waals surface area contributed by atoms with Gasteiger partial charge in [0.2, 0.25) is 5.89 Å². The van der Waals surface area contributed by atoms with Gasteiger partial charge in [-0.1, -0.05) is 17.3 Å². The van der Waals surface area contributed by atoms with Crippen molar-refractivity contribution >= 4 is 5.96 Å². The average molecular weight is 383 g/mol. The van der Waals surface area contributed by atoms with E-state index in [4.69, 9.17) is 9.26 Å². The Bertz CT molecular complexity index is 752. The van der Waals surface area contributed by atoms with Crippen LogP contribution in [0.4, 0.5) is 8.78 Å². The Morgan fingerprint density at radius 2 is 2.11 bits per heavy atom. The van der Waals surface area contributed by atoms with Crippen LogP contribution in [-0.4, -0.2) is 35.9 Å². The average Bonchev–Trinajstić information content (AvgIpc) is 3.04. The standard InChI is InChI=1S/C17H23F2N5O3/c1-4-20-17(22-10-14-23-11(3)27-24-14)21-9-12-7-6-8-13(25-5-2)15(12)26-16(18)19/h6-8,16H,4-5,9-10H2,1-3H3,(H2,20,21,22). The highest BCUT2D eigenvalue weighted by atomic mass is 19.3. The zero-order chi connectivity index (χ0) is 19.6. The van der Waals surface area contributed by atoms with Crippen molar-refractivity contribution in [1.29, 1.82) is 0 Å². The van der Waals surface area contributed by atoms with E-state index in [0.717, 1.165) is 0 Å². The van der Waals surface area contributed by atoms with Crippen molar-refractivity contribution in [3.05, 3.63) is 35.5 Å². The van der Waals surface area contributed by atoms with Crippen molar-refractivity contribution in [2.45, 2.75) is 40.5 Å². The first-order chi connectivity index (χ1) is 13.0. The fourth-order valence-electron chi connectivity index (χ4n) is 2.26. The first-order valence-corrected chi connectivity index (χ1v) is 8.54. The molecule has 148 valence electrons. The summed E-state index contributed by atoms with van der Waals surface area (Å²) in [5.41, 5.74) is 0.480. The van der Waals surface area contributed by atoms with Gasteiger partial charge in [0, 0.05) is 19.0 Å². The maximum Gasteiger partial charge on any atom is 0.387 e. The lowest BCUT2D eigenvalue weighted by Crippen LogP contribution is -2.37. The lowest BCUT2D eigenvalue weighted by Gasteiger charge is -2.15. The number of nitrogens with one attached hydrogen (secondary N) is 2. The van der Waals surface area contributed by atoms with E-state index in [1.165, 1.54) is 0 Å². The van der Waals surface area contributed by atoms with Gasteiger partial charge in [0.05, 0.1) is 19.7 Å². The number of hydrogen-bond acceptors (Lipinski definition) is 6. The first kappa shape index (κ1) is 20.4. The normalized spacial score (nSPS) is 11.6. The second-order valence-corrected chi connectivity index (χ2v) is 5.33. The molecule has 1 heterocycles. The second-order valence-electron chi connectivity index (χ2n) is 5.33. The summed E-state index contributed by atoms with van der Waals surface area (Å²) in [6.07, 6.45) is 0. The highest BCUT2D eigenvalue weighted by Gasteiger charge is 2.15. The number of benzene rings is 1. The summed E-state index contributed by atoms with van der Waals surface area (Å²) in [6, 6.07) is 4.95. The number of nitrogens with zero attached hydrogens (tertiary/aromatic N) is 3. The van der Waals surface area contributed by atoms with Crippen LogP contribution in [0.5, 0.6) is 11.5 Å². The van der Waals surface area contributed by atoms with Crippen LogP contribution in [0.15, 0.2) is 27.7 Å². The van der Waals surface area contributed by atoms with E-state index in [1.54, 1.807) is 32.0 Å². The number of halogens is 2. The van der Waals surface area contributed by atoms with Crippen molar-refractivity contribution in [2.75, 3.05) is 13.2 Å². The van der Waals surface area contributed by atoms with E-state index < -0.39 is 6.61 Å². The summed E-state index contributed by atoms with van der Waals surface area (Å²) in [7, 11) is 0. The highest BCUT2D eigenvalue weighted by molar-refractivity contribution is 5.79. The number of aryl methyl sites for hydroxylation is 1. The van der Waals surface area contributed by atoms with E-state index in [-0.39, 0.29) is 18.0 Å².